The molecule has 0 atom stereocenters. The first-order valence-electron chi connectivity index (χ1n) is 3.71. The Bertz CT molecular complexity index is 326. The van der Waals surface area contributed by atoms with E-state index in [2.05, 4.69) is 4.98 Å². The molecular weight excluding hydrogens is 155 g/mol. The van der Waals surface area contributed by atoms with Gasteiger partial charge in [0.2, 0.25) is 0 Å². The summed E-state index contributed by atoms with van der Waals surface area (Å²) in [6, 6.07) is 4.53. The highest BCUT2D eigenvalue weighted by molar-refractivity contribution is 5.24. The Morgan fingerprint density at radius 2 is 2.17 bits per heavy atom. The number of aromatic nitrogens is 1. The summed E-state index contributed by atoms with van der Waals surface area (Å²) in [6.07, 6.45) is 0. The second-order valence-corrected chi connectivity index (χ2v) is 2.83. The minimum Gasteiger partial charge on any atom is -0.239 e. The highest BCUT2D eigenvalue weighted by atomic mass is 19.1. The summed E-state index contributed by atoms with van der Waals surface area (Å²) in [4.78, 5) is 3.85. The van der Waals surface area contributed by atoms with Gasteiger partial charge in [0, 0.05) is 0 Å². The average molecular weight is 164 g/mol. The molecule has 2 nitrogen and oxygen atoms in total. The fourth-order valence-electron chi connectivity index (χ4n) is 0.925. The molecule has 0 unspecified atom stereocenters. The van der Waals surface area contributed by atoms with E-state index in [1.807, 2.05) is 19.9 Å². The molecule has 3 heteroatoms. The van der Waals surface area contributed by atoms with E-state index in [0.717, 1.165) is 0 Å². The first kappa shape index (κ1) is 8.66. The van der Waals surface area contributed by atoms with Crippen LogP contribution in [0.15, 0.2) is 12.1 Å². The van der Waals surface area contributed by atoms with Gasteiger partial charge < -0.3 is 0 Å². The van der Waals surface area contributed by atoms with E-state index in [9.17, 15) is 4.39 Å². The maximum Gasteiger partial charge on any atom is 0.145 e. The largest absolute Gasteiger partial charge is 0.239 e. The van der Waals surface area contributed by atoms with Gasteiger partial charge in [-0.3, -0.25) is 0 Å². The molecule has 1 aromatic heterocycles. The highest BCUT2D eigenvalue weighted by Gasteiger charge is 2.08. The van der Waals surface area contributed by atoms with Gasteiger partial charge in [-0.15, -0.1) is 0 Å². The maximum atomic E-state index is 13.0. The molecular formula is C9H9FN2. The molecule has 0 saturated carbocycles. The third-order valence-corrected chi connectivity index (χ3v) is 1.53. The van der Waals surface area contributed by atoms with Crippen molar-refractivity contribution >= 4 is 0 Å². The van der Waals surface area contributed by atoms with Crippen LogP contribution in [-0.4, -0.2) is 4.98 Å². The van der Waals surface area contributed by atoms with Crippen molar-refractivity contribution in [2.75, 3.05) is 0 Å². The molecule has 0 amide bonds. The molecule has 0 bridgehead atoms. The Kier molecular flexibility index (Phi) is 2.39. The van der Waals surface area contributed by atoms with Gasteiger partial charge in [0.25, 0.3) is 0 Å². The number of hydrogen-bond donors (Lipinski definition) is 0. The van der Waals surface area contributed by atoms with Crippen LogP contribution in [0.3, 0.4) is 0 Å². The van der Waals surface area contributed by atoms with Crippen LogP contribution < -0.4 is 0 Å². The van der Waals surface area contributed by atoms with E-state index in [0.29, 0.717) is 5.69 Å². The fraction of sp³-hybridized carbons (Fsp3) is 0.333. The smallest absolute Gasteiger partial charge is 0.145 e. The zero-order valence-electron chi connectivity index (χ0n) is 7.00. The summed E-state index contributed by atoms with van der Waals surface area (Å²) < 4.78 is 13.0. The lowest BCUT2D eigenvalue weighted by Crippen LogP contribution is -1.98. The Morgan fingerprint density at radius 3 is 2.67 bits per heavy atom. The lowest BCUT2D eigenvalue weighted by molar-refractivity contribution is 0.584. The lowest BCUT2D eigenvalue weighted by atomic mass is 10.1. The molecule has 0 saturated heterocycles. The normalized spacial score (nSPS) is 9.92. The van der Waals surface area contributed by atoms with Crippen molar-refractivity contribution in [3.63, 3.8) is 0 Å². The Hall–Kier alpha value is -1.43. The number of pyridine rings is 1. The predicted molar refractivity (Wildman–Crippen MR) is 43.0 cm³/mol. The quantitative estimate of drug-likeness (QED) is 0.638. The summed E-state index contributed by atoms with van der Waals surface area (Å²) in [5.41, 5.74) is 0.620. The van der Waals surface area contributed by atoms with Crippen LogP contribution >= 0.6 is 0 Å². The summed E-state index contributed by atoms with van der Waals surface area (Å²) in [5.74, 6) is -0.331. The van der Waals surface area contributed by atoms with E-state index < -0.39 is 0 Å². The Balaban J connectivity index is 3.19. The van der Waals surface area contributed by atoms with Crippen molar-refractivity contribution in [3.05, 3.63) is 29.3 Å². The number of hydrogen-bond acceptors (Lipinski definition) is 2. The summed E-state index contributed by atoms with van der Waals surface area (Å²) >= 11 is 0. The Morgan fingerprint density at radius 1 is 1.50 bits per heavy atom. The van der Waals surface area contributed by atoms with Crippen LogP contribution in [0.5, 0.6) is 0 Å². The number of rotatable bonds is 1. The first-order valence-corrected chi connectivity index (χ1v) is 3.71. The van der Waals surface area contributed by atoms with Gasteiger partial charge in [-0.05, 0) is 18.1 Å². The van der Waals surface area contributed by atoms with Crippen molar-refractivity contribution in [2.45, 2.75) is 19.8 Å². The van der Waals surface area contributed by atoms with Crippen LogP contribution in [0.2, 0.25) is 0 Å². The molecule has 0 spiro atoms. The van der Waals surface area contributed by atoms with Crippen LogP contribution in [-0.2, 0) is 0 Å². The van der Waals surface area contributed by atoms with Crippen molar-refractivity contribution in [1.82, 2.24) is 4.98 Å². The molecule has 1 heterocycles. The van der Waals surface area contributed by atoms with E-state index >= 15 is 0 Å². The minimum absolute atomic E-state index is 0.0123. The molecule has 62 valence electrons. The van der Waals surface area contributed by atoms with E-state index in [1.165, 1.54) is 12.1 Å². The first-order chi connectivity index (χ1) is 5.65. The minimum atomic E-state index is -0.344. The summed E-state index contributed by atoms with van der Waals surface area (Å²) in [5, 5.41) is 8.50. The Labute approximate surface area is 70.7 Å². The molecule has 0 fully saturated rings. The van der Waals surface area contributed by atoms with Gasteiger partial charge >= 0.3 is 0 Å². The zero-order chi connectivity index (χ0) is 9.14. The van der Waals surface area contributed by atoms with Crippen molar-refractivity contribution in [1.29, 1.82) is 5.26 Å². The number of nitriles is 1. The topological polar surface area (TPSA) is 36.7 Å². The lowest BCUT2D eigenvalue weighted by Gasteiger charge is -2.04. The standard InChI is InChI=1S/C9H9FN2/c1-6(2)9-8(10)4-3-7(5-11)12-9/h3-4,6H,1-2H3. The van der Waals surface area contributed by atoms with E-state index in [1.54, 1.807) is 0 Å². The van der Waals surface area contributed by atoms with E-state index in [-0.39, 0.29) is 17.4 Å². The molecule has 1 aromatic rings. The number of halogens is 1. The zero-order valence-corrected chi connectivity index (χ0v) is 7.00. The highest BCUT2D eigenvalue weighted by Crippen LogP contribution is 2.15. The molecule has 0 aliphatic carbocycles. The van der Waals surface area contributed by atoms with Gasteiger partial charge in [0.05, 0.1) is 5.69 Å². The average Bonchev–Trinajstić information content (AvgIpc) is 2.05. The second-order valence-electron chi connectivity index (χ2n) is 2.83. The van der Waals surface area contributed by atoms with Crippen LogP contribution in [0, 0.1) is 17.1 Å². The SMILES string of the molecule is CC(C)c1nc(C#N)ccc1F. The second kappa shape index (κ2) is 3.31. The fourth-order valence-corrected chi connectivity index (χ4v) is 0.925. The third kappa shape index (κ3) is 1.59. The maximum absolute atomic E-state index is 13.0. The van der Waals surface area contributed by atoms with E-state index in [4.69, 9.17) is 5.26 Å². The van der Waals surface area contributed by atoms with Crippen LogP contribution in [0.4, 0.5) is 4.39 Å². The molecule has 0 aromatic carbocycles. The molecule has 1 rings (SSSR count). The van der Waals surface area contributed by atoms with Gasteiger partial charge in [-0.1, -0.05) is 13.8 Å². The number of nitrogens with zero attached hydrogens (tertiary/aromatic N) is 2. The van der Waals surface area contributed by atoms with Gasteiger partial charge in [-0.25, -0.2) is 9.37 Å². The molecule has 12 heavy (non-hydrogen) atoms. The molecule has 0 N–H and O–H groups in total. The summed E-state index contributed by atoms with van der Waals surface area (Å²) in [6.45, 7) is 3.68. The van der Waals surface area contributed by atoms with Crippen LogP contribution in [0.25, 0.3) is 0 Å². The third-order valence-electron chi connectivity index (χ3n) is 1.53. The molecule has 0 radical (unpaired) electrons. The van der Waals surface area contributed by atoms with Crippen LogP contribution in [0.1, 0.15) is 31.2 Å². The summed E-state index contributed by atoms with van der Waals surface area (Å²) in [7, 11) is 0. The van der Waals surface area contributed by atoms with Gasteiger partial charge in [-0.2, -0.15) is 5.26 Å². The predicted octanol–water partition coefficient (Wildman–Crippen LogP) is 2.22. The van der Waals surface area contributed by atoms with Crippen molar-refractivity contribution in [2.24, 2.45) is 0 Å². The van der Waals surface area contributed by atoms with Crippen molar-refractivity contribution in [3.8, 4) is 6.07 Å². The molecule has 0 aliphatic heterocycles. The monoisotopic (exact) mass is 164 g/mol. The molecule has 0 aliphatic rings. The van der Waals surface area contributed by atoms with Gasteiger partial charge in [0.15, 0.2) is 0 Å². The van der Waals surface area contributed by atoms with Gasteiger partial charge in [0.1, 0.15) is 17.6 Å². The van der Waals surface area contributed by atoms with Crippen molar-refractivity contribution < 1.29 is 4.39 Å².